The van der Waals surface area contributed by atoms with E-state index < -0.39 is 9.84 Å². The van der Waals surface area contributed by atoms with E-state index in [2.05, 4.69) is 5.32 Å². The molecule has 0 spiro atoms. The highest BCUT2D eigenvalue weighted by Crippen LogP contribution is 2.26. The van der Waals surface area contributed by atoms with Gasteiger partial charge in [-0.1, -0.05) is 17.7 Å². The average molecular weight is 373 g/mol. The maximum absolute atomic E-state index is 12.1. The number of nitrogens with one attached hydrogen (secondary N) is 1. The van der Waals surface area contributed by atoms with Crippen LogP contribution in [0.3, 0.4) is 0 Å². The van der Waals surface area contributed by atoms with E-state index in [1.54, 1.807) is 18.2 Å². The van der Waals surface area contributed by atoms with Gasteiger partial charge in [0.2, 0.25) is 11.8 Å². The summed E-state index contributed by atoms with van der Waals surface area (Å²) in [5.41, 5.74) is 1.45. The molecule has 1 N–H and O–H groups in total. The highest BCUT2D eigenvalue weighted by Gasteiger charge is 2.29. The Morgan fingerprint density at radius 1 is 1.38 bits per heavy atom. The summed E-state index contributed by atoms with van der Waals surface area (Å²) in [6, 6.07) is 4.95. The van der Waals surface area contributed by atoms with Crippen LogP contribution in [0.15, 0.2) is 18.2 Å². The first-order valence-corrected chi connectivity index (χ1v) is 9.92. The smallest absolute Gasteiger partial charge is 0.223 e. The summed E-state index contributed by atoms with van der Waals surface area (Å²) in [5.74, 6) is -0.346. The fourth-order valence-corrected chi connectivity index (χ4v) is 4.60. The molecule has 132 valence electrons. The molecule has 6 nitrogen and oxygen atoms in total. The number of carbonyl (C=O) groups is 2. The minimum absolute atomic E-state index is 0.0113. The van der Waals surface area contributed by atoms with Gasteiger partial charge in [0.1, 0.15) is 0 Å². The number of sulfone groups is 1. The van der Waals surface area contributed by atoms with Gasteiger partial charge in [-0.15, -0.1) is 0 Å². The number of nitrogens with zero attached hydrogens (tertiary/aromatic N) is 1. The zero-order valence-electron chi connectivity index (χ0n) is 13.7. The Hall–Kier alpha value is -1.60. The maximum atomic E-state index is 12.1. The lowest BCUT2D eigenvalue weighted by Crippen LogP contribution is -2.39. The van der Waals surface area contributed by atoms with Crippen molar-refractivity contribution in [2.24, 2.45) is 0 Å². The van der Waals surface area contributed by atoms with Crippen LogP contribution in [-0.2, 0) is 19.4 Å². The number of hydrogen-bond acceptors (Lipinski definition) is 4. The van der Waals surface area contributed by atoms with Crippen molar-refractivity contribution in [2.75, 3.05) is 23.0 Å². The first-order valence-electron chi connectivity index (χ1n) is 7.72. The van der Waals surface area contributed by atoms with Crippen LogP contribution in [0.4, 0.5) is 5.69 Å². The third kappa shape index (κ3) is 4.70. The van der Waals surface area contributed by atoms with Crippen LogP contribution in [0.25, 0.3) is 0 Å². The molecule has 1 aromatic carbocycles. The highest BCUT2D eigenvalue weighted by atomic mass is 35.5. The number of benzene rings is 1. The Balaban J connectivity index is 1.98. The minimum atomic E-state index is -3.03. The van der Waals surface area contributed by atoms with Gasteiger partial charge in [-0.3, -0.25) is 9.59 Å². The van der Waals surface area contributed by atoms with E-state index in [4.69, 9.17) is 11.6 Å². The zero-order valence-corrected chi connectivity index (χ0v) is 15.3. The van der Waals surface area contributed by atoms with Crippen molar-refractivity contribution in [1.29, 1.82) is 0 Å². The molecule has 1 heterocycles. The van der Waals surface area contributed by atoms with Crippen molar-refractivity contribution >= 4 is 38.9 Å². The summed E-state index contributed by atoms with van der Waals surface area (Å²) in [7, 11) is -3.03. The standard InChI is InChI=1S/C16H21ClN2O4S/c1-11-14(17)4-3-5-15(11)19(12(2)20)8-6-16(21)18-13-7-9-24(22,23)10-13/h3-5,13H,6-10H2,1-2H3,(H,18,21). The van der Waals surface area contributed by atoms with Crippen LogP contribution in [0.2, 0.25) is 5.02 Å². The number of hydrogen-bond donors (Lipinski definition) is 1. The van der Waals surface area contributed by atoms with Gasteiger partial charge in [-0.2, -0.15) is 0 Å². The Labute approximate surface area is 147 Å². The van der Waals surface area contributed by atoms with E-state index in [9.17, 15) is 18.0 Å². The molecule has 2 amide bonds. The lowest BCUT2D eigenvalue weighted by atomic mass is 10.1. The average Bonchev–Trinajstić information content (AvgIpc) is 2.82. The second-order valence-electron chi connectivity index (χ2n) is 5.97. The molecule has 1 aliphatic heterocycles. The van der Waals surface area contributed by atoms with Crippen LogP contribution in [-0.4, -0.2) is 44.3 Å². The van der Waals surface area contributed by atoms with Gasteiger partial charge in [0, 0.05) is 36.6 Å². The summed E-state index contributed by atoms with van der Waals surface area (Å²) < 4.78 is 22.8. The SMILES string of the molecule is CC(=O)N(CCC(=O)NC1CCS(=O)(=O)C1)c1cccc(Cl)c1C. The van der Waals surface area contributed by atoms with Crippen molar-refractivity contribution in [3.05, 3.63) is 28.8 Å². The van der Waals surface area contributed by atoms with Crippen molar-refractivity contribution < 1.29 is 18.0 Å². The number of halogens is 1. The maximum Gasteiger partial charge on any atom is 0.223 e. The lowest BCUT2D eigenvalue weighted by molar-refractivity contribution is -0.121. The largest absolute Gasteiger partial charge is 0.352 e. The van der Waals surface area contributed by atoms with Crippen molar-refractivity contribution in [3.8, 4) is 0 Å². The van der Waals surface area contributed by atoms with Gasteiger partial charge in [0.25, 0.3) is 0 Å². The molecule has 0 bridgehead atoms. The normalized spacial score (nSPS) is 19.0. The third-order valence-corrected chi connectivity index (χ3v) is 6.25. The summed E-state index contributed by atoms with van der Waals surface area (Å²) in [4.78, 5) is 25.5. The topological polar surface area (TPSA) is 83.6 Å². The Kier molecular flexibility index (Phi) is 5.87. The van der Waals surface area contributed by atoms with E-state index in [0.717, 1.165) is 5.56 Å². The molecule has 0 saturated carbocycles. The second-order valence-corrected chi connectivity index (χ2v) is 8.61. The zero-order chi connectivity index (χ0) is 17.9. The fraction of sp³-hybridized carbons (Fsp3) is 0.500. The second kappa shape index (κ2) is 7.53. The van der Waals surface area contributed by atoms with Crippen LogP contribution in [0, 0.1) is 6.92 Å². The molecular formula is C16H21ClN2O4S. The molecule has 8 heteroatoms. The molecule has 1 unspecified atom stereocenters. The lowest BCUT2D eigenvalue weighted by Gasteiger charge is -2.23. The molecule has 0 radical (unpaired) electrons. The number of rotatable bonds is 5. The van der Waals surface area contributed by atoms with Crippen LogP contribution in [0.1, 0.15) is 25.3 Å². The van der Waals surface area contributed by atoms with E-state index in [1.165, 1.54) is 11.8 Å². The summed E-state index contributed by atoms with van der Waals surface area (Å²) in [6.07, 6.45) is 0.542. The minimum Gasteiger partial charge on any atom is -0.352 e. The molecule has 2 rings (SSSR count). The van der Waals surface area contributed by atoms with E-state index in [0.29, 0.717) is 17.1 Å². The molecule has 1 aromatic rings. The van der Waals surface area contributed by atoms with E-state index in [1.807, 2.05) is 6.92 Å². The van der Waals surface area contributed by atoms with Gasteiger partial charge in [-0.25, -0.2) is 8.42 Å². The Morgan fingerprint density at radius 3 is 2.67 bits per heavy atom. The van der Waals surface area contributed by atoms with Crippen LogP contribution in [0.5, 0.6) is 0 Å². The van der Waals surface area contributed by atoms with E-state index in [-0.39, 0.29) is 42.3 Å². The monoisotopic (exact) mass is 372 g/mol. The Morgan fingerprint density at radius 2 is 2.08 bits per heavy atom. The van der Waals surface area contributed by atoms with Gasteiger partial charge >= 0.3 is 0 Å². The molecular weight excluding hydrogens is 352 g/mol. The van der Waals surface area contributed by atoms with Crippen LogP contribution >= 0.6 is 11.6 Å². The first-order chi connectivity index (χ1) is 11.2. The molecule has 0 aromatic heterocycles. The van der Waals surface area contributed by atoms with Gasteiger partial charge in [0.05, 0.1) is 11.5 Å². The van der Waals surface area contributed by atoms with Crippen LogP contribution < -0.4 is 10.2 Å². The third-order valence-electron chi connectivity index (χ3n) is 4.07. The number of anilines is 1. The molecule has 1 aliphatic rings. The fourth-order valence-electron chi connectivity index (χ4n) is 2.76. The molecule has 1 fully saturated rings. The van der Waals surface area contributed by atoms with Crippen molar-refractivity contribution in [1.82, 2.24) is 5.32 Å². The number of carbonyl (C=O) groups excluding carboxylic acids is 2. The van der Waals surface area contributed by atoms with E-state index >= 15 is 0 Å². The highest BCUT2D eigenvalue weighted by molar-refractivity contribution is 7.91. The van der Waals surface area contributed by atoms with Crippen molar-refractivity contribution in [3.63, 3.8) is 0 Å². The summed E-state index contributed by atoms with van der Waals surface area (Å²) in [5, 5.41) is 3.28. The van der Waals surface area contributed by atoms with Crippen molar-refractivity contribution in [2.45, 2.75) is 32.7 Å². The predicted octanol–water partition coefficient (Wildman–Crippen LogP) is 1.69. The van der Waals surface area contributed by atoms with Gasteiger partial charge < -0.3 is 10.2 Å². The molecule has 24 heavy (non-hydrogen) atoms. The first kappa shape index (κ1) is 18.7. The number of amides is 2. The van der Waals surface area contributed by atoms with Gasteiger partial charge in [-0.05, 0) is 31.0 Å². The Bertz CT molecular complexity index is 748. The molecule has 1 saturated heterocycles. The molecule has 0 aliphatic carbocycles. The summed E-state index contributed by atoms with van der Waals surface area (Å²) in [6.45, 7) is 3.46. The summed E-state index contributed by atoms with van der Waals surface area (Å²) >= 11 is 6.09. The molecule has 1 atom stereocenters. The predicted molar refractivity (Wildman–Crippen MR) is 94.0 cm³/mol. The van der Waals surface area contributed by atoms with Gasteiger partial charge in [0.15, 0.2) is 9.84 Å². The quantitative estimate of drug-likeness (QED) is 0.852.